The minimum Gasteiger partial charge on any atom is -0.325 e. The first-order valence-corrected chi connectivity index (χ1v) is 8.11. The molecule has 0 aromatic heterocycles. The fourth-order valence-electron chi connectivity index (χ4n) is 3.12. The van der Waals surface area contributed by atoms with Gasteiger partial charge in [0.1, 0.15) is 0 Å². The average molecular weight is 339 g/mol. The van der Waals surface area contributed by atoms with E-state index in [9.17, 15) is 4.79 Å². The van der Waals surface area contributed by atoms with Crippen LogP contribution in [-0.2, 0) is 4.79 Å². The van der Waals surface area contributed by atoms with Gasteiger partial charge >= 0.3 is 0 Å². The topological polar surface area (TPSA) is 41.1 Å². The molecular weight excluding hydrogens is 316 g/mol. The lowest BCUT2D eigenvalue weighted by Crippen LogP contribution is -2.40. The number of rotatable bonds is 4. The van der Waals surface area contributed by atoms with Gasteiger partial charge in [-0.1, -0.05) is 35.8 Å². The quantitative estimate of drug-likeness (QED) is 0.876. The summed E-state index contributed by atoms with van der Waals surface area (Å²) in [5.74, 6) is 1.53. The summed E-state index contributed by atoms with van der Waals surface area (Å²) >= 11 is 3.40. The molecule has 4 heteroatoms. The molecule has 0 radical (unpaired) electrons. The largest absolute Gasteiger partial charge is 0.325 e. The Morgan fingerprint density at radius 2 is 1.95 bits per heavy atom. The Labute approximate surface area is 129 Å². The van der Waals surface area contributed by atoms with E-state index < -0.39 is 0 Å². The predicted octanol–water partition coefficient (Wildman–Crippen LogP) is 3.80. The van der Waals surface area contributed by atoms with Crippen molar-refractivity contribution in [2.24, 2.45) is 11.8 Å². The standard InChI is InChI=1S/C16H23BrN2O/c1-11-6-12(2)8-15(7-11)18-10-16(20)19-14-5-3-4-13(17)9-14/h3-5,9,11-12,15,18H,6-8,10H2,1-2H3,(H,19,20). The molecule has 0 aliphatic heterocycles. The van der Waals surface area contributed by atoms with Crippen LogP contribution >= 0.6 is 15.9 Å². The van der Waals surface area contributed by atoms with Gasteiger partial charge in [-0.25, -0.2) is 0 Å². The van der Waals surface area contributed by atoms with Crippen LogP contribution in [0.25, 0.3) is 0 Å². The maximum absolute atomic E-state index is 11.9. The molecule has 1 aromatic carbocycles. The van der Waals surface area contributed by atoms with Crippen LogP contribution in [0.5, 0.6) is 0 Å². The van der Waals surface area contributed by atoms with Crippen molar-refractivity contribution in [3.63, 3.8) is 0 Å². The number of hydrogen-bond acceptors (Lipinski definition) is 2. The van der Waals surface area contributed by atoms with E-state index >= 15 is 0 Å². The summed E-state index contributed by atoms with van der Waals surface area (Å²) in [5, 5.41) is 6.31. The Hall–Kier alpha value is -0.870. The highest BCUT2D eigenvalue weighted by molar-refractivity contribution is 9.10. The molecule has 1 fully saturated rings. The number of halogens is 1. The number of carbonyl (C=O) groups is 1. The molecule has 0 heterocycles. The maximum atomic E-state index is 11.9. The van der Waals surface area contributed by atoms with Crippen LogP contribution in [0.4, 0.5) is 5.69 Å². The monoisotopic (exact) mass is 338 g/mol. The third kappa shape index (κ3) is 4.91. The maximum Gasteiger partial charge on any atom is 0.238 e. The second-order valence-corrected chi connectivity index (χ2v) is 6.97. The summed E-state index contributed by atoms with van der Waals surface area (Å²) in [6.07, 6.45) is 3.66. The third-order valence-electron chi connectivity index (χ3n) is 3.84. The van der Waals surface area contributed by atoms with E-state index in [0.717, 1.165) is 22.0 Å². The zero-order valence-corrected chi connectivity index (χ0v) is 13.7. The smallest absolute Gasteiger partial charge is 0.238 e. The van der Waals surface area contributed by atoms with Crippen molar-refractivity contribution in [1.29, 1.82) is 0 Å². The lowest BCUT2D eigenvalue weighted by molar-refractivity contribution is -0.115. The average Bonchev–Trinajstić information content (AvgIpc) is 2.35. The zero-order chi connectivity index (χ0) is 14.5. The van der Waals surface area contributed by atoms with Crippen LogP contribution in [-0.4, -0.2) is 18.5 Å². The summed E-state index contributed by atoms with van der Waals surface area (Å²) in [4.78, 5) is 11.9. The first-order valence-electron chi connectivity index (χ1n) is 7.31. The van der Waals surface area contributed by atoms with Gasteiger partial charge in [-0.3, -0.25) is 4.79 Å². The number of hydrogen-bond donors (Lipinski definition) is 2. The molecule has 0 bridgehead atoms. The molecular formula is C16H23BrN2O. The highest BCUT2D eigenvalue weighted by atomic mass is 79.9. The molecule has 1 aliphatic carbocycles. The highest BCUT2D eigenvalue weighted by Crippen LogP contribution is 2.28. The molecule has 110 valence electrons. The minimum atomic E-state index is 0.0222. The van der Waals surface area contributed by atoms with Gasteiger partial charge in [0.15, 0.2) is 0 Å². The van der Waals surface area contributed by atoms with Crippen LogP contribution in [0, 0.1) is 11.8 Å². The number of nitrogens with one attached hydrogen (secondary N) is 2. The summed E-state index contributed by atoms with van der Waals surface area (Å²) in [6.45, 7) is 4.98. The van der Waals surface area contributed by atoms with Crippen molar-refractivity contribution in [2.75, 3.05) is 11.9 Å². The molecule has 3 nitrogen and oxygen atoms in total. The first-order chi connectivity index (χ1) is 9.52. The molecule has 0 spiro atoms. The van der Waals surface area contributed by atoms with Gasteiger partial charge in [-0.05, 0) is 49.3 Å². The van der Waals surface area contributed by atoms with E-state index in [1.54, 1.807) is 0 Å². The molecule has 2 N–H and O–H groups in total. The fourth-order valence-corrected chi connectivity index (χ4v) is 3.52. The predicted molar refractivity (Wildman–Crippen MR) is 86.7 cm³/mol. The molecule has 20 heavy (non-hydrogen) atoms. The van der Waals surface area contributed by atoms with Gasteiger partial charge in [0.05, 0.1) is 6.54 Å². The summed E-state index contributed by atoms with van der Waals surface area (Å²) in [5.41, 5.74) is 0.830. The van der Waals surface area contributed by atoms with E-state index in [1.807, 2.05) is 24.3 Å². The van der Waals surface area contributed by atoms with E-state index in [0.29, 0.717) is 12.6 Å². The van der Waals surface area contributed by atoms with E-state index in [2.05, 4.69) is 40.4 Å². The third-order valence-corrected chi connectivity index (χ3v) is 4.33. The molecule has 1 aromatic rings. The lowest BCUT2D eigenvalue weighted by Gasteiger charge is -2.31. The van der Waals surface area contributed by atoms with Crippen LogP contribution in [0.15, 0.2) is 28.7 Å². The SMILES string of the molecule is CC1CC(C)CC(NCC(=O)Nc2cccc(Br)c2)C1. The molecule has 1 saturated carbocycles. The van der Waals surface area contributed by atoms with Crippen molar-refractivity contribution in [3.05, 3.63) is 28.7 Å². The molecule has 1 amide bonds. The van der Waals surface area contributed by atoms with Crippen LogP contribution in [0.2, 0.25) is 0 Å². The number of carbonyl (C=O) groups excluding carboxylic acids is 1. The van der Waals surface area contributed by atoms with E-state index in [4.69, 9.17) is 0 Å². The summed E-state index contributed by atoms with van der Waals surface area (Å²) < 4.78 is 0.971. The van der Waals surface area contributed by atoms with Crippen LogP contribution < -0.4 is 10.6 Å². The Morgan fingerprint density at radius 1 is 1.25 bits per heavy atom. The molecule has 2 atom stereocenters. The van der Waals surface area contributed by atoms with Gasteiger partial charge in [0, 0.05) is 16.2 Å². The van der Waals surface area contributed by atoms with Gasteiger partial charge in [0.2, 0.25) is 5.91 Å². The highest BCUT2D eigenvalue weighted by Gasteiger charge is 2.23. The van der Waals surface area contributed by atoms with Crippen LogP contribution in [0.1, 0.15) is 33.1 Å². The summed E-state index contributed by atoms with van der Waals surface area (Å²) in [6, 6.07) is 8.13. The van der Waals surface area contributed by atoms with Crippen molar-refractivity contribution in [2.45, 2.75) is 39.2 Å². The second-order valence-electron chi connectivity index (χ2n) is 6.05. The summed E-state index contributed by atoms with van der Waals surface area (Å²) in [7, 11) is 0. The number of benzene rings is 1. The van der Waals surface area contributed by atoms with Gasteiger partial charge < -0.3 is 10.6 Å². The van der Waals surface area contributed by atoms with Crippen molar-refractivity contribution in [1.82, 2.24) is 5.32 Å². The molecule has 2 rings (SSSR count). The molecule has 0 saturated heterocycles. The van der Waals surface area contributed by atoms with Gasteiger partial charge in [-0.15, -0.1) is 0 Å². The van der Waals surface area contributed by atoms with E-state index in [-0.39, 0.29) is 5.91 Å². The molecule has 2 unspecified atom stereocenters. The molecule has 1 aliphatic rings. The first kappa shape index (κ1) is 15.5. The van der Waals surface area contributed by atoms with E-state index in [1.165, 1.54) is 19.3 Å². The lowest BCUT2D eigenvalue weighted by atomic mass is 9.80. The minimum absolute atomic E-state index is 0.0222. The fraction of sp³-hybridized carbons (Fsp3) is 0.562. The Balaban J connectivity index is 1.77. The van der Waals surface area contributed by atoms with Crippen LogP contribution in [0.3, 0.4) is 0 Å². The Bertz CT molecular complexity index is 454. The van der Waals surface area contributed by atoms with Crippen molar-refractivity contribution >= 4 is 27.5 Å². The van der Waals surface area contributed by atoms with Crippen molar-refractivity contribution in [3.8, 4) is 0 Å². The van der Waals surface area contributed by atoms with Gasteiger partial charge in [0.25, 0.3) is 0 Å². The Kier molecular flexibility index (Phi) is 5.61. The van der Waals surface area contributed by atoms with Crippen molar-refractivity contribution < 1.29 is 4.79 Å². The van der Waals surface area contributed by atoms with Gasteiger partial charge in [-0.2, -0.15) is 0 Å². The number of amides is 1. The Morgan fingerprint density at radius 3 is 2.60 bits per heavy atom. The number of anilines is 1. The normalized spacial score (nSPS) is 26.2. The zero-order valence-electron chi connectivity index (χ0n) is 12.2. The second kappa shape index (κ2) is 7.23.